The monoisotopic (exact) mass is 475 g/mol. The molecule has 10 heteroatoms. The van der Waals surface area contributed by atoms with Crippen LogP contribution in [0.5, 0.6) is 0 Å². The van der Waals surface area contributed by atoms with Crippen LogP contribution in [0.3, 0.4) is 0 Å². The van der Waals surface area contributed by atoms with Gasteiger partial charge in [-0.25, -0.2) is 23.6 Å². The Morgan fingerprint density at radius 2 is 1.86 bits per heavy atom. The molecule has 0 aliphatic heterocycles. The number of aromatic nitrogens is 3. The minimum atomic E-state index is -1.23. The first-order chi connectivity index (χ1) is 16.9. The number of carbonyl (C=O) groups excluding carboxylic acids is 3. The highest BCUT2D eigenvalue weighted by Crippen LogP contribution is 2.26. The summed E-state index contributed by atoms with van der Waals surface area (Å²) in [4.78, 5) is 41.4. The fraction of sp³-hybridized carbons (Fsp3) is 0.160. The van der Waals surface area contributed by atoms with Crippen molar-refractivity contribution < 1.29 is 23.5 Å². The molecule has 35 heavy (non-hydrogen) atoms. The van der Waals surface area contributed by atoms with Gasteiger partial charge in [0.05, 0.1) is 29.4 Å². The van der Waals surface area contributed by atoms with E-state index in [0.29, 0.717) is 22.3 Å². The SMILES string of the molecule is CNC(=O)NC(=O)C(C)OC(=O)c1cc(-c2ccccc2)nc2c1cnn2Cc1cccc(F)c1. The molecule has 2 N–H and O–H groups in total. The first-order valence-electron chi connectivity index (χ1n) is 10.8. The van der Waals surface area contributed by atoms with Gasteiger partial charge in [0, 0.05) is 12.6 Å². The highest BCUT2D eigenvalue weighted by atomic mass is 19.1. The van der Waals surface area contributed by atoms with Gasteiger partial charge < -0.3 is 10.1 Å². The van der Waals surface area contributed by atoms with Gasteiger partial charge in [-0.3, -0.25) is 10.1 Å². The quantitative estimate of drug-likeness (QED) is 0.414. The van der Waals surface area contributed by atoms with Gasteiger partial charge in [0.15, 0.2) is 11.8 Å². The summed E-state index contributed by atoms with van der Waals surface area (Å²) in [6.07, 6.45) is 0.243. The molecule has 9 nitrogen and oxygen atoms in total. The molecule has 4 aromatic rings. The summed E-state index contributed by atoms with van der Waals surface area (Å²) in [5.74, 6) is -1.92. The van der Waals surface area contributed by atoms with Crippen molar-refractivity contribution in [3.63, 3.8) is 0 Å². The zero-order valence-corrected chi connectivity index (χ0v) is 19.0. The zero-order chi connectivity index (χ0) is 24.9. The number of esters is 1. The number of urea groups is 1. The third-order valence-electron chi connectivity index (χ3n) is 5.24. The third kappa shape index (κ3) is 5.32. The van der Waals surface area contributed by atoms with Crippen molar-refractivity contribution in [1.82, 2.24) is 25.4 Å². The fourth-order valence-electron chi connectivity index (χ4n) is 3.45. The van der Waals surface area contributed by atoms with Crippen LogP contribution in [0.2, 0.25) is 0 Å². The Bertz CT molecular complexity index is 1400. The van der Waals surface area contributed by atoms with E-state index in [4.69, 9.17) is 9.72 Å². The van der Waals surface area contributed by atoms with E-state index in [9.17, 15) is 18.8 Å². The van der Waals surface area contributed by atoms with Crippen LogP contribution in [0.4, 0.5) is 9.18 Å². The standard InChI is InChI=1S/C25H22FN5O4/c1-15(23(32)30-25(34)27-2)35-24(33)19-12-21(17-8-4-3-5-9-17)29-22-20(19)13-28-31(22)14-16-7-6-10-18(26)11-16/h3-13,15H,14H2,1-2H3,(H2,27,30,32,34). The molecule has 178 valence electrons. The Balaban J connectivity index is 1.73. The van der Waals surface area contributed by atoms with E-state index in [2.05, 4.69) is 15.7 Å². The molecule has 2 aromatic carbocycles. The number of halogens is 1. The van der Waals surface area contributed by atoms with E-state index < -0.39 is 24.0 Å². The molecule has 2 heterocycles. The number of imide groups is 1. The lowest BCUT2D eigenvalue weighted by Crippen LogP contribution is -2.43. The molecular weight excluding hydrogens is 453 g/mol. The van der Waals surface area contributed by atoms with Crippen molar-refractivity contribution in [2.45, 2.75) is 19.6 Å². The van der Waals surface area contributed by atoms with Gasteiger partial charge >= 0.3 is 12.0 Å². The second kappa shape index (κ2) is 10.1. The molecular formula is C25H22FN5O4. The molecule has 1 unspecified atom stereocenters. The number of fused-ring (bicyclic) bond motifs is 1. The van der Waals surface area contributed by atoms with Crippen LogP contribution in [0.1, 0.15) is 22.8 Å². The van der Waals surface area contributed by atoms with Crippen molar-refractivity contribution in [3.8, 4) is 11.3 Å². The molecule has 0 spiro atoms. The maximum absolute atomic E-state index is 13.7. The van der Waals surface area contributed by atoms with Crippen LogP contribution in [0.25, 0.3) is 22.3 Å². The number of amides is 3. The normalized spacial score (nSPS) is 11.6. The number of benzene rings is 2. The van der Waals surface area contributed by atoms with Gasteiger partial charge in [0.2, 0.25) is 0 Å². The molecule has 1 atom stereocenters. The second-order valence-electron chi connectivity index (χ2n) is 7.71. The van der Waals surface area contributed by atoms with E-state index in [0.717, 1.165) is 5.56 Å². The number of hydrogen-bond donors (Lipinski definition) is 2. The molecule has 0 fully saturated rings. The Labute approximate surface area is 199 Å². The van der Waals surface area contributed by atoms with E-state index in [1.807, 2.05) is 30.3 Å². The Kier molecular flexibility index (Phi) is 6.81. The van der Waals surface area contributed by atoms with Crippen molar-refractivity contribution in [1.29, 1.82) is 0 Å². The summed E-state index contributed by atoms with van der Waals surface area (Å²) in [5, 5.41) is 9.09. The summed E-state index contributed by atoms with van der Waals surface area (Å²) in [5.41, 5.74) is 2.47. The lowest BCUT2D eigenvalue weighted by atomic mass is 10.1. The van der Waals surface area contributed by atoms with Crippen LogP contribution in [0.15, 0.2) is 66.9 Å². The minimum absolute atomic E-state index is 0.152. The number of carbonyl (C=O) groups is 3. The summed E-state index contributed by atoms with van der Waals surface area (Å²) >= 11 is 0. The molecule has 0 saturated heterocycles. The van der Waals surface area contributed by atoms with Gasteiger partial charge in [-0.15, -0.1) is 0 Å². The van der Waals surface area contributed by atoms with E-state index >= 15 is 0 Å². The number of nitrogens with zero attached hydrogens (tertiary/aromatic N) is 3. The fourth-order valence-corrected chi connectivity index (χ4v) is 3.45. The van der Waals surface area contributed by atoms with Crippen LogP contribution >= 0.6 is 0 Å². The predicted molar refractivity (Wildman–Crippen MR) is 126 cm³/mol. The Morgan fingerprint density at radius 3 is 2.57 bits per heavy atom. The maximum atomic E-state index is 13.7. The van der Waals surface area contributed by atoms with Crippen molar-refractivity contribution in [3.05, 3.63) is 83.8 Å². The van der Waals surface area contributed by atoms with Crippen LogP contribution in [-0.4, -0.2) is 45.8 Å². The van der Waals surface area contributed by atoms with E-state index in [1.54, 1.807) is 22.9 Å². The molecule has 4 rings (SSSR count). The molecule has 0 saturated carbocycles. The van der Waals surface area contributed by atoms with Crippen molar-refractivity contribution in [2.24, 2.45) is 0 Å². The number of ether oxygens (including phenoxy) is 1. The van der Waals surface area contributed by atoms with E-state index in [1.165, 1.54) is 32.3 Å². The lowest BCUT2D eigenvalue weighted by Gasteiger charge is -2.14. The molecule has 2 aromatic heterocycles. The summed E-state index contributed by atoms with van der Waals surface area (Å²) < 4.78 is 20.6. The number of hydrogen-bond acceptors (Lipinski definition) is 6. The van der Waals surface area contributed by atoms with Gasteiger partial charge in [0.1, 0.15) is 5.82 Å². The average molecular weight is 475 g/mol. The molecule has 0 aliphatic carbocycles. The number of pyridine rings is 1. The zero-order valence-electron chi connectivity index (χ0n) is 19.0. The van der Waals surface area contributed by atoms with Crippen LogP contribution in [-0.2, 0) is 16.1 Å². The van der Waals surface area contributed by atoms with Crippen molar-refractivity contribution in [2.75, 3.05) is 7.05 Å². The Hall–Kier alpha value is -4.60. The van der Waals surface area contributed by atoms with Gasteiger partial charge in [-0.1, -0.05) is 42.5 Å². The first kappa shape index (κ1) is 23.6. The topological polar surface area (TPSA) is 115 Å². The first-order valence-corrected chi connectivity index (χ1v) is 10.8. The maximum Gasteiger partial charge on any atom is 0.339 e. The summed E-state index contributed by atoms with van der Waals surface area (Å²) in [7, 11) is 1.36. The predicted octanol–water partition coefficient (Wildman–Crippen LogP) is 3.29. The molecule has 0 bridgehead atoms. The Morgan fingerprint density at radius 1 is 1.09 bits per heavy atom. The smallest absolute Gasteiger partial charge is 0.339 e. The number of nitrogens with one attached hydrogen (secondary N) is 2. The van der Waals surface area contributed by atoms with Gasteiger partial charge in [-0.2, -0.15) is 5.10 Å². The van der Waals surface area contributed by atoms with Crippen LogP contribution < -0.4 is 10.6 Å². The molecule has 3 amide bonds. The lowest BCUT2D eigenvalue weighted by molar-refractivity contribution is -0.127. The van der Waals surface area contributed by atoms with Gasteiger partial charge in [0.25, 0.3) is 5.91 Å². The highest BCUT2D eigenvalue weighted by Gasteiger charge is 2.24. The largest absolute Gasteiger partial charge is 0.449 e. The van der Waals surface area contributed by atoms with Crippen LogP contribution in [0, 0.1) is 5.82 Å². The highest BCUT2D eigenvalue weighted by molar-refractivity contribution is 6.05. The molecule has 0 radical (unpaired) electrons. The van der Waals surface area contributed by atoms with E-state index in [-0.39, 0.29) is 17.9 Å². The summed E-state index contributed by atoms with van der Waals surface area (Å²) in [6, 6.07) is 16.2. The molecule has 0 aliphatic rings. The van der Waals surface area contributed by atoms with Crippen molar-refractivity contribution >= 4 is 28.9 Å². The second-order valence-corrected chi connectivity index (χ2v) is 7.71. The van der Waals surface area contributed by atoms with Gasteiger partial charge in [-0.05, 0) is 30.7 Å². The number of rotatable bonds is 6. The summed E-state index contributed by atoms with van der Waals surface area (Å²) in [6.45, 7) is 1.59. The average Bonchev–Trinajstić information content (AvgIpc) is 3.26. The minimum Gasteiger partial charge on any atom is -0.449 e. The third-order valence-corrected chi connectivity index (χ3v) is 5.24.